The quantitative estimate of drug-likeness (QED) is 0.224. The van der Waals surface area contributed by atoms with Crippen molar-refractivity contribution >= 4 is 34.1 Å². The van der Waals surface area contributed by atoms with Gasteiger partial charge in [-0.3, -0.25) is 14.7 Å². The Kier molecular flexibility index (Phi) is 7.85. The molecule has 1 heterocycles. The second-order valence-electron chi connectivity index (χ2n) is 4.93. The Morgan fingerprint density at radius 2 is 1.89 bits per heavy atom. The maximum absolute atomic E-state index is 11.1. The summed E-state index contributed by atoms with van der Waals surface area (Å²) in [6.07, 6.45) is 7.24. The van der Waals surface area contributed by atoms with Gasteiger partial charge < -0.3 is 16.0 Å². The highest BCUT2D eigenvalue weighted by Gasteiger charge is 2.14. The monoisotopic (exact) mass is 394 g/mol. The van der Waals surface area contributed by atoms with Crippen LogP contribution in [-0.4, -0.2) is 40.9 Å². The molecule has 1 aromatic heterocycles. The predicted octanol–water partition coefficient (Wildman–Crippen LogP) is 1.16. The van der Waals surface area contributed by atoms with Crippen molar-refractivity contribution in [2.24, 2.45) is 21.7 Å². The molecular formula is C15H18N6O5S. The highest BCUT2D eigenvalue weighted by Crippen LogP contribution is 2.24. The van der Waals surface area contributed by atoms with Gasteiger partial charge >= 0.3 is 0 Å². The number of aromatic nitrogens is 1. The van der Waals surface area contributed by atoms with Gasteiger partial charge in [-0.05, 0) is 30.4 Å². The summed E-state index contributed by atoms with van der Waals surface area (Å²) in [5.74, 6) is -0.132. The van der Waals surface area contributed by atoms with Crippen LogP contribution in [0.1, 0.15) is 5.69 Å². The molecule has 2 rings (SSSR count). The third-order valence-corrected chi connectivity index (χ3v) is 2.71. The lowest BCUT2D eigenvalue weighted by atomic mass is 10.2. The van der Waals surface area contributed by atoms with E-state index in [-0.39, 0.29) is 11.6 Å². The van der Waals surface area contributed by atoms with E-state index in [1.807, 2.05) is 6.07 Å². The third-order valence-electron chi connectivity index (χ3n) is 2.71. The standard InChI is InChI=1S/C14H14N6O2.CH4O3S/c15-14(16)18-17-9-3-5-11-6-4-10-19(11)12-7-1-2-8-13(12)20(21)22;1-5(2,3)4/h1-10H,(H4,15,16,18);1H3,(H,2,3,4)/b5-3+,17-9+;. The highest BCUT2D eigenvalue weighted by molar-refractivity contribution is 7.85. The molecule has 1 aromatic carbocycles. The topological polar surface area (TPSA) is 179 Å². The number of hydrogen-bond donors (Lipinski definition) is 3. The smallest absolute Gasteiger partial charge is 0.293 e. The molecule has 5 N–H and O–H groups in total. The first-order valence-corrected chi connectivity index (χ1v) is 9.06. The van der Waals surface area contributed by atoms with Crippen LogP contribution < -0.4 is 11.5 Å². The Labute approximate surface area is 155 Å². The molecule has 0 saturated carbocycles. The first kappa shape index (κ1) is 21.5. The zero-order valence-corrected chi connectivity index (χ0v) is 15.0. The molecular weight excluding hydrogens is 376 g/mol. The van der Waals surface area contributed by atoms with Crippen molar-refractivity contribution < 1.29 is 17.9 Å². The van der Waals surface area contributed by atoms with Crippen LogP contribution in [0.4, 0.5) is 5.69 Å². The van der Waals surface area contributed by atoms with Gasteiger partial charge in [-0.2, -0.15) is 13.5 Å². The number of nitrogens with two attached hydrogens (primary N) is 2. The first-order valence-electron chi connectivity index (χ1n) is 7.22. The van der Waals surface area contributed by atoms with Crippen molar-refractivity contribution in [3.05, 3.63) is 64.5 Å². The predicted molar refractivity (Wildman–Crippen MR) is 103 cm³/mol. The average Bonchev–Trinajstić information content (AvgIpc) is 3.01. The Hall–Kier alpha value is -3.51. The van der Waals surface area contributed by atoms with E-state index in [9.17, 15) is 18.5 Å². The van der Waals surface area contributed by atoms with Gasteiger partial charge in [0, 0.05) is 24.2 Å². The number of para-hydroxylation sites is 2. The third kappa shape index (κ3) is 8.42. The molecule has 11 nitrogen and oxygen atoms in total. The molecule has 0 aliphatic rings. The number of guanidine groups is 1. The van der Waals surface area contributed by atoms with E-state index in [0.717, 1.165) is 5.69 Å². The number of hydrogen-bond acceptors (Lipinski definition) is 6. The van der Waals surface area contributed by atoms with Gasteiger partial charge in [0.2, 0.25) is 5.96 Å². The lowest BCUT2D eigenvalue weighted by molar-refractivity contribution is -0.384. The number of nitro benzene ring substituents is 1. The number of allylic oxidation sites excluding steroid dienone is 1. The molecule has 0 aliphatic carbocycles. The van der Waals surface area contributed by atoms with E-state index in [1.165, 1.54) is 12.3 Å². The van der Waals surface area contributed by atoms with Gasteiger partial charge in [0.25, 0.3) is 15.8 Å². The molecule has 144 valence electrons. The maximum atomic E-state index is 11.1. The summed E-state index contributed by atoms with van der Waals surface area (Å²) in [4.78, 5) is 10.7. The zero-order valence-electron chi connectivity index (χ0n) is 14.2. The van der Waals surface area contributed by atoms with E-state index >= 15 is 0 Å². The summed E-state index contributed by atoms with van der Waals surface area (Å²) in [5, 5.41) is 18.2. The minimum atomic E-state index is -3.67. The zero-order chi connectivity index (χ0) is 20.4. The van der Waals surface area contributed by atoms with Crippen molar-refractivity contribution in [1.29, 1.82) is 0 Å². The van der Waals surface area contributed by atoms with Gasteiger partial charge in [0.1, 0.15) is 5.69 Å². The summed E-state index contributed by atoms with van der Waals surface area (Å²) in [7, 11) is -3.67. The summed E-state index contributed by atoms with van der Waals surface area (Å²) in [6.45, 7) is 0. The molecule has 0 unspecified atom stereocenters. The minimum Gasteiger partial charge on any atom is -0.369 e. The average molecular weight is 394 g/mol. The summed E-state index contributed by atoms with van der Waals surface area (Å²) in [6, 6.07) is 10.1. The molecule has 0 radical (unpaired) electrons. The molecule has 0 atom stereocenters. The van der Waals surface area contributed by atoms with Crippen LogP contribution in [0.5, 0.6) is 0 Å². The Morgan fingerprint density at radius 3 is 2.48 bits per heavy atom. The van der Waals surface area contributed by atoms with Crippen molar-refractivity contribution in [3.8, 4) is 5.69 Å². The maximum Gasteiger partial charge on any atom is 0.293 e. The molecule has 2 aromatic rings. The number of nitro groups is 1. The first-order chi connectivity index (χ1) is 12.6. The van der Waals surface area contributed by atoms with Crippen LogP contribution in [0.15, 0.2) is 58.9 Å². The van der Waals surface area contributed by atoms with Gasteiger partial charge in [-0.1, -0.05) is 12.1 Å². The van der Waals surface area contributed by atoms with E-state index < -0.39 is 15.0 Å². The fourth-order valence-electron chi connectivity index (χ4n) is 1.85. The molecule has 0 spiro atoms. The van der Waals surface area contributed by atoms with Crippen LogP contribution in [0.2, 0.25) is 0 Å². The fourth-order valence-corrected chi connectivity index (χ4v) is 1.85. The van der Waals surface area contributed by atoms with E-state index in [0.29, 0.717) is 11.9 Å². The highest BCUT2D eigenvalue weighted by atomic mass is 32.2. The number of benzene rings is 1. The van der Waals surface area contributed by atoms with E-state index in [1.54, 1.807) is 47.2 Å². The van der Waals surface area contributed by atoms with Crippen LogP contribution in [0, 0.1) is 10.1 Å². The molecule has 0 amide bonds. The SMILES string of the molecule is CS(=O)(=O)O.NC(N)=N/N=C/C=C/c1cccn1-c1ccccc1[N+](=O)[O-]. The normalized spacial score (nSPS) is 11.2. The summed E-state index contributed by atoms with van der Waals surface area (Å²) in [5.41, 5.74) is 11.5. The van der Waals surface area contributed by atoms with Crippen LogP contribution in [-0.2, 0) is 10.1 Å². The van der Waals surface area contributed by atoms with Crippen LogP contribution in [0.3, 0.4) is 0 Å². The molecule has 0 fully saturated rings. The number of rotatable bonds is 5. The van der Waals surface area contributed by atoms with Gasteiger partial charge in [-0.15, -0.1) is 5.10 Å². The molecule has 0 saturated heterocycles. The van der Waals surface area contributed by atoms with Gasteiger partial charge in [-0.25, -0.2) is 0 Å². The lowest BCUT2D eigenvalue weighted by Gasteiger charge is -2.06. The van der Waals surface area contributed by atoms with E-state index in [4.69, 9.17) is 16.0 Å². The van der Waals surface area contributed by atoms with E-state index in [2.05, 4.69) is 10.2 Å². The summed E-state index contributed by atoms with van der Waals surface area (Å²) < 4.78 is 27.6. The molecule has 12 heteroatoms. The van der Waals surface area contributed by atoms with Crippen molar-refractivity contribution in [2.45, 2.75) is 0 Å². The Morgan fingerprint density at radius 1 is 1.26 bits per heavy atom. The van der Waals surface area contributed by atoms with Crippen LogP contribution >= 0.6 is 0 Å². The van der Waals surface area contributed by atoms with Crippen LogP contribution in [0.25, 0.3) is 11.8 Å². The molecule has 27 heavy (non-hydrogen) atoms. The second kappa shape index (κ2) is 9.84. The lowest BCUT2D eigenvalue weighted by Crippen LogP contribution is -2.21. The fraction of sp³-hybridized carbons (Fsp3) is 0.0667. The Balaban J connectivity index is 0.000000646. The number of nitrogens with zero attached hydrogens (tertiary/aromatic N) is 4. The Bertz CT molecular complexity index is 966. The summed E-state index contributed by atoms with van der Waals surface area (Å²) >= 11 is 0. The van der Waals surface area contributed by atoms with Gasteiger partial charge in [0.05, 0.1) is 11.2 Å². The van der Waals surface area contributed by atoms with Crippen molar-refractivity contribution in [3.63, 3.8) is 0 Å². The molecule has 0 aliphatic heterocycles. The minimum absolute atomic E-state index is 0.0301. The van der Waals surface area contributed by atoms with Crippen molar-refractivity contribution in [2.75, 3.05) is 6.26 Å². The molecule has 0 bridgehead atoms. The van der Waals surface area contributed by atoms with Crippen molar-refractivity contribution in [1.82, 2.24) is 4.57 Å². The van der Waals surface area contributed by atoms with Gasteiger partial charge in [0.15, 0.2) is 0 Å². The second-order valence-corrected chi connectivity index (χ2v) is 6.40. The largest absolute Gasteiger partial charge is 0.369 e.